The van der Waals surface area contributed by atoms with Crippen LogP contribution in [0.2, 0.25) is 0 Å². The fourth-order valence-electron chi connectivity index (χ4n) is 3.56. The van der Waals surface area contributed by atoms with E-state index in [-0.39, 0.29) is 5.91 Å². The molecule has 29 heavy (non-hydrogen) atoms. The molecule has 0 aliphatic carbocycles. The van der Waals surface area contributed by atoms with E-state index in [9.17, 15) is 4.79 Å². The van der Waals surface area contributed by atoms with Crippen LogP contribution in [0.5, 0.6) is 11.5 Å². The second kappa shape index (κ2) is 8.44. The first-order chi connectivity index (χ1) is 14.1. The minimum Gasteiger partial charge on any atom is -0.497 e. The number of hydrogen-bond donors (Lipinski definition) is 2. The van der Waals surface area contributed by atoms with Gasteiger partial charge in [0, 0.05) is 54.0 Å². The van der Waals surface area contributed by atoms with E-state index in [1.165, 1.54) is 4.88 Å². The van der Waals surface area contributed by atoms with E-state index >= 15 is 0 Å². The summed E-state index contributed by atoms with van der Waals surface area (Å²) >= 11 is 1.71. The molecule has 1 aromatic carbocycles. The molecule has 154 valence electrons. The number of rotatable bonds is 6. The van der Waals surface area contributed by atoms with Crippen molar-refractivity contribution >= 4 is 33.1 Å². The summed E-state index contributed by atoms with van der Waals surface area (Å²) in [4.78, 5) is 20.0. The number of hydrogen-bond acceptors (Lipinski definition) is 6. The molecule has 3 aromatic rings. The van der Waals surface area contributed by atoms with Crippen molar-refractivity contribution in [2.75, 3.05) is 45.8 Å². The molecule has 1 aliphatic rings. The summed E-state index contributed by atoms with van der Waals surface area (Å²) < 4.78 is 17.2. The first-order valence-corrected chi connectivity index (χ1v) is 10.3. The maximum atomic E-state index is 13.2. The third kappa shape index (κ3) is 4.24. The Hall–Kier alpha value is -2.55. The van der Waals surface area contributed by atoms with Crippen molar-refractivity contribution in [2.45, 2.75) is 13.5 Å². The quantitative estimate of drug-likeness (QED) is 0.643. The number of carbonyl (C=O) groups is 1. The van der Waals surface area contributed by atoms with E-state index in [0.29, 0.717) is 29.4 Å². The summed E-state index contributed by atoms with van der Waals surface area (Å²) in [5.74, 6) is 1.07. The lowest BCUT2D eigenvalue weighted by Gasteiger charge is -2.26. The normalized spacial score (nSPS) is 14.9. The number of carbonyl (C=O) groups excluding carboxylic acids is 1. The minimum absolute atomic E-state index is 0.176. The maximum absolute atomic E-state index is 13.2. The predicted octanol–water partition coefficient (Wildman–Crippen LogP) is 3.64. The Morgan fingerprint density at radius 3 is 2.52 bits per heavy atom. The van der Waals surface area contributed by atoms with Crippen molar-refractivity contribution in [2.24, 2.45) is 0 Å². The van der Waals surface area contributed by atoms with Gasteiger partial charge in [-0.05, 0) is 13.0 Å². The topological polar surface area (TPSA) is 75.8 Å². The van der Waals surface area contributed by atoms with E-state index in [4.69, 9.17) is 14.2 Å². The van der Waals surface area contributed by atoms with Crippen LogP contribution in [0.1, 0.15) is 20.9 Å². The zero-order valence-corrected chi connectivity index (χ0v) is 17.6. The molecule has 1 saturated heterocycles. The van der Waals surface area contributed by atoms with Gasteiger partial charge in [-0.3, -0.25) is 9.69 Å². The van der Waals surface area contributed by atoms with E-state index in [0.717, 1.165) is 42.1 Å². The zero-order valence-electron chi connectivity index (χ0n) is 16.8. The fourth-order valence-corrected chi connectivity index (χ4v) is 4.56. The minimum atomic E-state index is -0.176. The van der Waals surface area contributed by atoms with Crippen LogP contribution in [0.3, 0.4) is 0 Å². The van der Waals surface area contributed by atoms with Crippen LogP contribution < -0.4 is 14.8 Å². The fraction of sp³-hybridized carbons (Fsp3) is 0.381. The highest BCUT2D eigenvalue weighted by molar-refractivity contribution is 7.19. The van der Waals surface area contributed by atoms with Crippen molar-refractivity contribution in [3.8, 4) is 11.5 Å². The van der Waals surface area contributed by atoms with Crippen LogP contribution in [0.15, 0.2) is 24.3 Å². The third-order valence-electron chi connectivity index (χ3n) is 5.01. The number of nitrogens with zero attached hydrogens (tertiary/aromatic N) is 1. The molecule has 4 rings (SSSR count). The molecule has 1 aliphatic heterocycles. The van der Waals surface area contributed by atoms with Gasteiger partial charge >= 0.3 is 0 Å². The van der Waals surface area contributed by atoms with Crippen molar-refractivity contribution in [3.63, 3.8) is 0 Å². The molecule has 0 radical (unpaired) electrons. The summed E-state index contributed by atoms with van der Waals surface area (Å²) in [7, 11) is 3.17. The van der Waals surface area contributed by atoms with Gasteiger partial charge in [0.2, 0.25) is 0 Å². The molecule has 0 atom stereocenters. The summed E-state index contributed by atoms with van der Waals surface area (Å²) in [6, 6.07) is 7.41. The number of anilines is 1. The first-order valence-electron chi connectivity index (χ1n) is 9.53. The van der Waals surface area contributed by atoms with Crippen molar-refractivity contribution in [3.05, 3.63) is 40.4 Å². The second-order valence-electron chi connectivity index (χ2n) is 7.02. The van der Waals surface area contributed by atoms with Crippen LogP contribution in [-0.4, -0.2) is 56.3 Å². The number of thiophene rings is 1. The maximum Gasteiger partial charge on any atom is 0.272 e. The Morgan fingerprint density at radius 2 is 1.86 bits per heavy atom. The first kappa shape index (κ1) is 19.8. The molecular weight excluding hydrogens is 390 g/mol. The Balaban J connectivity index is 1.64. The summed E-state index contributed by atoms with van der Waals surface area (Å²) in [5, 5.41) is 2.98. The number of aromatic nitrogens is 1. The molecule has 8 heteroatoms. The summed E-state index contributed by atoms with van der Waals surface area (Å²) in [6.07, 6.45) is 0. The number of morpholine rings is 1. The number of aryl methyl sites for hydroxylation is 1. The lowest BCUT2D eigenvalue weighted by molar-refractivity contribution is 0.0343. The smallest absolute Gasteiger partial charge is 0.272 e. The monoisotopic (exact) mass is 415 g/mol. The number of ether oxygens (including phenoxy) is 3. The Kier molecular flexibility index (Phi) is 5.75. The average Bonchev–Trinajstić information content (AvgIpc) is 3.25. The number of nitrogens with one attached hydrogen (secondary N) is 2. The van der Waals surface area contributed by atoms with E-state index < -0.39 is 0 Å². The average molecular weight is 416 g/mol. The highest BCUT2D eigenvalue weighted by Crippen LogP contribution is 2.33. The molecule has 0 spiro atoms. The van der Waals surface area contributed by atoms with Crippen molar-refractivity contribution in [1.82, 2.24) is 9.88 Å². The SMILES string of the molecule is COc1cc(NC(=O)c2[nH]c3cc(C)sc3c2CN2CCOCC2)cc(OC)c1. The van der Waals surface area contributed by atoms with Gasteiger partial charge < -0.3 is 24.5 Å². The number of aromatic amines is 1. The van der Waals surface area contributed by atoms with Crippen molar-refractivity contribution in [1.29, 1.82) is 0 Å². The largest absolute Gasteiger partial charge is 0.497 e. The van der Waals surface area contributed by atoms with Gasteiger partial charge in [-0.15, -0.1) is 11.3 Å². The van der Waals surface area contributed by atoms with Crippen LogP contribution in [0.25, 0.3) is 10.2 Å². The highest BCUT2D eigenvalue weighted by Gasteiger charge is 2.23. The van der Waals surface area contributed by atoms with Crippen LogP contribution in [-0.2, 0) is 11.3 Å². The molecule has 1 fully saturated rings. The van der Waals surface area contributed by atoms with E-state index in [1.54, 1.807) is 43.8 Å². The van der Waals surface area contributed by atoms with Gasteiger partial charge in [0.1, 0.15) is 17.2 Å². The highest BCUT2D eigenvalue weighted by atomic mass is 32.1. The standard InChI is InChI=1S/C21H25N3O4S/c1-13-8-18-20(29-13)17(12-24-4-6-28-7-5-24)19(23-18)21(25)22-14-9-15(26-2)11-16(10-14)27-3/h8-11,23H,4-7,12H2,1-3H3,(H,22,25). The Bertz CT molecular complexity index is 998. The van der Waals surface area contributed by atoms with E-state index in [2.05, 4.69) is 28.2 Å². The lowest BCUT2D eigenvalue weighted by atomic mass is 10.2. The molecule has 7 nitrogen and oxygen atoms in total. The van der Waals surface area contributed by atoms with Gasteiger partial charge in [-0.2, -0.15) is 0 Å². The Morgan fingerprint density at radius 1 is 1.17 bits per heavy atom. The van der Waals surface area contributed by atoms with E-state index in [1.807, 2.05) is 0 Å². The summed E-state index contributed by atoms with van der Waals surface area (Å²) in [5.41, 5.74) is 3.26. The zero-order chi connectivity index (χ0) is 20.4. The van der Waals surface area contributed by atoms with Crippen molar-refractivity contribution < 1.29 is 19.0 Å². The number of amides is 1. The number of H-pyrrole nitrogens is 1. The molecule has 3 heterocycles. The van der Waals surface area contributed by atoms with Gasteiger partial charge in [-0.1, -0.05) is 0 Å². The number of methoxy groups -OCH3 is 2. The summed E-state index contributed by atoms with van der Waals surface area (Å²) in [6.45, 7) is 5.98. The van der Waals surface area contributed by atoms with Gasteiger partial charge in [0.05, 0.1) is 37.6 Å². The predicted molar refractivity (Wildman–Crippen MR) is 115 cm³/mol. The molecule has 0 unspecified atom stereocenters. The second-order valence-corrected chi connectivity index (χ2v) is 8.28. The molecule has 2 N–H and O–H groups in total. The number of benzene rings is 1. The molecule has 0 saturated carbocycles. The van der Waals surface area contributed by atoms with Gasteiger partial charge in [0.25, 0.3) is 5.91 Å². The molecule has 2 aromatic heterocycles. The molecule has 0 bridgehead atoms. The molecule has 1 amide bonds. The molecular formula is C21H25N3O4S. The Labute approximate surface area is 173 Å². The van der Waals surface area contributed by atoms with Crippen LogP contribution in [0, 0.1) is 6.92 Å². The van der Waals surface area contributed by atoms with Crippen LogP contribution in [0.4, 0.5) is 5.69 Å². The van der Waals surface area contributed by atoms with Gasteiger partial charge in [0.15, 0.2) is 0 Å². The number of fused-ring (bicyclic) bond motifs is 1. The van der Waals surface area contributed by atoms with Crippen LogP contribution >= 0.6 is 11.3 Å². The third-order valence-corrected chi connectivity index (χ3v) is 6.12. The van der Waals surface area contributed by atoms with Gasteiger partial charge in [-0.25, -0.2) is 0 Å². The lowest BCUT2D eigenvalue weighted by Crippen LogP contribution is -2.36.